The summed E-state index contributed by atoms with van der Waals surface area (Å²) in [5.74, 6) is 0. The maximum absolute atomic E-state index is 6.24. The minimum absolute atomic E-state index is 0.186. The van der Waals surface area contributed by atoms with Crippen molar-refractivity contribution < 1.29 is 4.42 Å². The maximum atomic E-state index is 6.24. The fraction of sp³-hybridized carbons (Fsp3) is 0.636. The molecule has 0 fully saturated rings. The van der Waals surface area contributed by atoms with E-state index in [-0.39, 0.29) is 10.8 Å². The standard InChI is InChI=1S/C11H17ClO/c1-11(2,3)10(12)5-4-9-6-7-13-8-9/h6-8,10H,4-5H2,1-3H3. The average molecular weight is 201 g/mol. The summed E-state index contributed by atoms with van der Waals surface area (Å²) < 4.78 is 4.99. The normalized spacial score (nSPS) is 14.5. The summed E-state index contributed by atoms with van der Waals surface area (Å²) in [4.78, 5) is 0. The third-order valence-electron chi connectivity index (χ3n) is 2.21. The lowest BCUT2D eigenvalue weighted by Crippen LogP contribution is -2.21. The molecule has 0 aliphatic carbocycles. The van der Waals surface area contributed by atoms with Crippen molar-refractivity contribution in [3.63, 3.8) is 0 Å². The van der Waals surface area contributed by atoms with E-state index in [1.54, 1.807) is 12.5 Å². The molecule has 0 aromatic carbocycles. The number of hydrogen-bond donors (Lipinski definition) is 0. The second-order valence-electron chi connectivity index (χ2n) is 4.50. The Labute approximate surface area is 85.1 Å². The van der Waals surface area contributed by atoms with Crippen molar-refractivity contribution in [2.75, 3.05) is 0 Å². The van der Waals surface area contributed by atoms with Gasteiger partial charge in [0.05, 0.1) is 12.5 Å². The van der Waals surface area contributed by atoms with Crippen LogP contribution in [0.1, 0.15) is 32.8 Å². The second kappa shape index (κ2) is 4.19. The van der Waals surface area contributed by atoms with Crippen LogP contribution < -0.4 is 0 Å². The first-order chi connectivity index (χ1) is 6.00. The predicted molar refractivity (Wildman–Crippen MR) is 56.1 cm³/mol. The van der Waals surface area contributed by atoms with Crippen molar-refractivity contribution in [2.45, 2.75) is 39.0 Å². The Morgan fingerprint density at radius 2 is 2.15 bits per heavy atom. The molecule has 1 aromatic rings. The molecule has 0 saturated carbocycles. The molecule has 0 aliphatic rings. The molecule has 13 heavy (non-hydrogen) atoms. The van der Waals surface area contributed by atoms with Crippen LogP contribution in [0.3, 0.4) is 0 Å². The smallest absolute Gasteiger partial charge is 0.0934 e. The molecule has 0 amide bonds. The van der Waals surface area contributed by atoms with E-state index < -0.39 is 0 Å². The Morgan fingerprint density at radius 3 is 2.62 bits per heavy atom. The van der Waals surface area contributed by atoms with E-state index in [2.05, 4.69) is 20.8 Å². The van der Waals surface area contributed by atoms with Crippen molar-refractivity contribution in [1.82, 2.24) is 0 Å². The average Bonchev–Trinajstić information content (AvgIpc) is 2.50. The minimum Gasteiger partial charge on any atom is -0.472 e. The van der Waals surface area contributed by atoms with E-state index in [0.29, 0.717) is 0 Å². The van der Waals surface area contributed by atoms with Crippen molar-refractivity contribution in [3.05, 3.63) is 24.2 Å². The van der Waals surface area contributed by atoms with E-state index in [1.807, 2.05) is 6.07 Å². The van der Waals surface area contributed by atoms with Crippen molar-refractivity contribution in [3.8, 4) is 0 Å². The van der Waals surface area contributed by atoms with Crippen LogP contribution in [0.4, 0.5) is 0 Å². The van der Waals surface area contributed by atoms with Gasteiger partial charge in [0, 0.05) is 5.38 Å². The quantitative estimate of drug-likeness (QED) is 0.676. The molecule has 1 unspecified atom stereocenters. The molecule has 0 bridgehead atoms. The van der Waals surface area contributed by atoms with Gasteiger partial charge in [0.2, 0.25) is 0 Å². The third kappa shape index (κ3) is 3.43. The molecule has 0 saturated heterocycles. The van der Waals surface area contributed by atoms with Crippen LogP contribution in [0.25, 0.3) is 0 Å². The van der Waals surface area contributed by atoms with Gasteiger partial charge in [0.15, 0.2) is 0 Å². The SMILES string of the molecule is CC(C)(C)C(Cl)CCc1ccoc1. The van der Waals surface area contributed by atoms with Gasteiger partial charge in [-0.15, -0.1) is 11.6 Å². The summed E-state index contributed by atoms with van der Waals surface area (Å²) in [6.07, 6.45) is 5.49. The second-order valence-corrected chi connectivity index (χ2v) is 5.03. The zero-order chi connectivity index (χ0) is 9.90. The number of furan rings is 1. The Morgan fingerprint density at radius 1 is 1.46 bits per heavy atom. The number of halogens is 1. The first-order valence-electron chi connectivity index (χ1n) is 4.65. The van der Waals surface area contributed by atoms with Gasteiger partial charge in [0.25, 0.3) is 0 Å². The first kappa shape index (κ1) is 10.6. The largest absolute Gasteiger partial charge is 0.472 e. The summed E-state index contributed by atoms with van der Waals surface area (Å²) in [6.45, 7) is 6.50. The summed E-state index contributed by atoms with van der Waals surface area (Å²) >= 11 is 6.24. The molecular weight excluding hydrogens is 184 g/mol. The van der Waals surface area contributed by atoms with E-state index in [4.69, 9.17) is 16.0 Å². The Balaban J connectivity index is 2.35. The Kier molecular flexibility index (Phi) is 3.43. The summed E-state index contributed by atoms with van der Waals surface area (Å²) in [7, 11) is 0. The fourth-order valence-electron chi connectivity index (χ4n) is 1.16. The third-order valence-corrected chi connectivity index (χ3v) is 3.08. The Hall–Kier alpha value is -0.430. The monoisotopic (exact) mass is 200 g/mol. The van der Waals surface area contributed by atoms with Gasteiger partial charge in [-0.1, -0.05) is 20.8 Å². The van der Waals surface area contributed by atoms with Gasteiger partial charge in [0.1, 0.15) is 0 Å². The van der Waals surface area contributed by atoms with E-state index in [9.17, 15) is 0 Å². The molecule has 74 valence electrons. The minimum atomic E-state index is 0.186. The number of aryl methyl sites for hydroxylation is 1. The zero-order valence-electron chi connectivity index (χ0n) is 8.51. The highest BCUT2D eigenvalue weighted by molar-refractivity contribution is 6.21. The van der Waals surface area contributed by atoms with Crippen LogP contribution in [-0.4, -0.2) is 5.38 Å². The van der Waals surface area contributed by atoms with Gasteiger partial charge in [-0.25, -0.2) is 0 Å². The predicted octanol–water partition coefficient (Wildman–Crippen LogP) is 3.87. The highest BCUT2D eigenvalue weighted by Crippen LogP contribution is 2.28. The van der Waals surface area contributed by atoms with Crippen LogP contribution in [0.5, 0.6) is 0 Å². The van der Waals surface area contributed by atoms with E-state index >= 15 is 0 Å². The van der Waals surface area contributed by atoms with E-state index in [1.165, 1.54) is 5.56 Å². The lowest BCUT2D eigenvalue weighted by molar-refractivity contribution is 0.374. The van der Waals surface area contributed by atoms with Crippen molar-refractivity contribution in [2.24, 2.45) is 5.41 Å². The first-order valence-corrected chi connectivity index (χ1v) is 5.09. The van der Waals surface area contributed by atoms with Crippen LogP contribution in [-0.2, 0) is 6.42 Å². The highest BCUT2D eigenvalue weighted by atomic mass is 35.5. The molecule has 0 radical (unpaired) electrons. The molecule has 0 N–H and O–H groups in total. The van der Waals surface area contributed by atoms with Gasteiger partial charge in [-0.3, -0.25) is 0 Å². The molecule has 1 rings (SSSR count). The van der Waals surface area contributed by atoms with Crippen LogP contribution in [0.15, 0.2) is 23.0 Å². The molecular formula is C11H17ClO. The Bertz CT molecular complexity index is 233. The number of alkyl halides is 1. The molecule has 1 nitrogen and oxygen atoms in total. The van der Waals surface area contributed by atoms with Crippen LogP contribution >= 0.6 is 11.6 Å². The molecule has 0 spiro atoms. The summed E-state index contributed by atoms with van der Waals surface area (Å²) in [5, 5.41) is 0.224. The van der Waals surface area contributed by atoms with Crippen molar-refractivity contribution in [1.29, 1.82) is 0 Å². The topological polar surface area (TPSA) is 13.1 Å². The molecule has 1 heterocycles. The van der Waals surface area contributed by atoms with Crippen LogP contribution in [0.2, 0.25) is 0 Å². The number of hydrogen-bond acceptors (Lipinski definition) is 1. The molecule has 1 aromatic heterocycles. The maximum Gasteiger partial charge on any atom is 0.0934 e. The fourth-order valence-corrected chi connectivity index (χ4v) is 1.27. The summed E-state index contributed by atoms with van der Waals surface area (Å²) in [6, 6.07) is 1.99. The van der Waals surface area contributed by atoms with Crippen molar-refractivity contribution >= 4 is 11.6 Å². The highest BCUT2D eigenvalue weighted by Gasteiger charge is 2.21. The molecule has 2 heteroatoms. The van der Waals surface area contributed by atoms with Gasteiger partial charge >= 0.3 is 0 Å². The lowest BCUT2D eigenvalue weighted by atomic mass is 9.88. The van der Waals surface area contributed by atoms with Gasteiger partial charge in [-0.05, 0) is 29.9 Å². The zero-order valence-corrected chi connectivity index (χ0v) is 9.27. The van der Waals surface area contributed by atoms with E-state index in [0.717, 1.165) is 12.8 Å². The number of rotatable bonds is 3. The molecule has 1 atom stereocenters. The summed E-state index contributed by atoms with van der Waals surface area (Å²) in [5.41, 5.74) is 1.42. The van der Waals surface area contributed by atoms with Gasteiger partial charge in [-0.2, -0.15) is 0 Å². The van der Waals surface area contributed by atoms with Crippen LogP contribution in [0, 0.1) is 5.41 Å². The van der Waals surface area contributed by atoms with Gasteiger partial charge < -0.3 is 4.42 Å². The lowest BCUT2D eigenvalue weighted by Gasteiger charge is -2.24. The molecule has 0 aliphatic heterocycles.